The smallest absolute Gasteiger partial charge is 0.239 e. The Kier molecular flexibility index (Phi) is 4.22. The van der Waals surface area contributed by atoms with E-state index in [0.29, 0.717) is 17.9 Å². The molecule has 2 saturated carbocycles. The fourth-order valence-electron chi connectivity index (χ4n) is 3.47. The Morgan fingerprint density at radius 2 is 1.83 bits per heavy atom. The lowest BCUT2D eigenvalue weighted by atomic mass is 9.67. The normalized spacial score (nSPS) is 34.8. The lowest BCUT2D eigenvalue weighted by Gasteiger charge is -2.45. The van der Waals surface area contributed by atoms with E-state index >= 15 is 0 Å². The van der Waals surface area contributed by atoms with Crippen LogP contribution in [0, 0.1) is 11.8 Å². The first kappa shape index (κ1) is 13.3. The van der Waals surface area contributed by atoms with Gasteiger partial charge in [-0.25, -0.2) is 0 Å². The number of carbonyl (C=O) groups is 2. The minimum atomic E-state index is -0.170. The van der Waals surface area contributed by atoms with Crippen molar-refractivity contribution in [2.45, 2.75) is 51.1 Å². The molecule has 4 N–H and O–H groups in total. The van der Waals surface area contributed by atoms with Gasteiger partial charge in [0.1, 0.15) is 0 Å². The predicted molar refractivity (Wildman–Crippen MR) is 68.7 cm³/mol. The van der Waals surface area contributed by atoms with Crippen molar-refractivity contribution in [2.24, 2.45) is 17.6 Å². The Morgan fingerprint density at radius 3 is 2.39 bits per heavy atom. The van der Waals surface area contributed by atoms with Crippen molar-refractivity contribution in [3.8, 4) is 0 Å². The van der Waals surface area contributed by atoms with E-state index in [1.165, 1.54) is 13.3 Å². The van der Waals surface area contributed by atoms with Crippen LogP contribution >= 0.6 is 0 Å². The monoisotopic (exact) mass is 253 g/mol. The van der Waals surface area contributed by atoms with Crippen LogP contribution < -0.4 is 16.4 Å². The fraction of sp³-hybridized carbons (Fsp3) is 0.846. The summed E-state index contributed by atoms with van der Waals surface area (Å²) in [6, 6.07) is 0.559. The fourth-order valence-corrected chi connectivity index (χ4v) is 3.47. The summed E-state index contributed by atoms with van der Waals surface area (Å²) in [5, 5.41) is 5.62. The number of hydrogen-bond acceptors (Lipinski definition) is 3. The zero-order chi connectivity index (χ0) is 13.1. The summed E-state index contributed by atoms with van der Waals surface area (Å²) in [6.45, 7) is 1.50. The molecule has 102 valence electrons. The van der Waals surface area contributed by atoms with Gasteiger partial charge < -0.3 is 16.4 Å². The molecule has 0 aromatic heterocycles. The highest BCUT2D eigenvalue weighted by Gasteiger charge is 2.39. The van der Waals surface area contributed by atoms with Gasteiger partial charge in [-0.05, 0) is 37.5 Å². The predicted octanol–water partition coefficient (Wildman–Crippen LogP) is 0.145. The van der Waals surface area contributed by atoms with E-state index < -0.39 is 0 Å². The van der Waals surface area contributed by atoms with Crippen LogP contribution in [0.4, 0.5) is 0 Å². The molecule has 2 aliphatic carbocycles. The molecule has 0 aromatic rings. The molecule has 0 aromatic carbocycles. The molecular weight excluding hydrogens is 230 g/mol. The van der Waals surface area contributed by atoms with E-state index in [-0.39, 0.29) is 24.4 Å². The molecule has 2 bridgehead atoms. The first-order chi connectivity index (χ1) is 8.56. The minimum Gasteiger partial charge on any atom is -0.351 e. The summed E-state index contributed by atoms with van der Waals surface area (Å²) in [5.41, 5.74) is 6.05. The summed E-state index contributed by atoms with van der Waals surface area (Å²) in [7, 11) is 0. The molecule has 0 aliphatic heterocycles. The van der Waals surface area contributed by atoms with Crippen molar-refractivity contribution in [2.75, 3.05) is 6.54 Å². The number of fused-ring (bicyclic) bond motifs is 2. The second-order valence-electron chi connectivity index (χ2n) is 5.69. The largest absolute Gasteiger partial charge is 0.351 e. The number of hydrogen-bond donors (Lipinski definition) is 3. The van der Waals surface area contributed by atoms with Crippen LogP contribution in [0.25, 0.3) is 0 Å². The quantitative estimate of drug-likeness (QED) is 0.669. The van der Waals surface area contributed by atoms with Crippen LogP contribution in [0.3, 0.4) is 0 Å². The van der Waals surface area contributed by atoms with E-state index in [9.17, 15) is 9.59 Å². The van der Waals surface area contributed by atoms with Gasteiger partial charge >= 0.3 is 0 Å². The maximum Gasteiger partial charge on any atom is 0.239 e. The summed E-state index contributed by atoms with van der Waals surface area (Å²) < 4.78 is 0. The lowest BCUT2D eigenvalue weighted by Crippen LogP contribution is -2.55. The maximum atomic E-state index is 11.8. The Labute approximate surface area is 108 Å². The van der Waals surface area contributed by atoms with Crippen molar-refractivity contribution >= 4 is 11.8 Å². The number of nitrogens with two attached hydrogens (primary N) is 1. The van der Waals surface area contributed by atoms with Gasteiger partial charge in [0.2, 0.25) is 11.8 Å². The zero-order valence-electron chi connectivity index (χ0n) is 10.9. The molecule has 2 unspecified atom stereocenters. The van der Waals surface area contributed by atoms with Crippen LogP contribution in [-0.2, 0) is 9.59 Å². The number of carbonyl (C=O) groups excluding carboxylic acids is 2. The molecule has 5 heteroatoms. The topological polar surface area (TPSA) is 84.2 Å². The Hall–Kier alpha value is -1.10. The minimum absolute atomic E-state index is 0.0807. The highest BCUT2D eigenvalue weighted by molar-refractivity contribution is 5.83. The molecule has 0 saturated heterocycles. The third-order valence-corrected chi connectivity index (χ3v) is 4.20. The number of rotatable bonds is 3. The molecule has 5 nitrogen and oxygen atoms in total. The third-order valence-electron chi connectivity index (χ3n) is 4.20. The van der Waals surface area contributed by atoms with Gasteiger partial charge in [-0.2, -0.15) is 0 Å². The molecule has 2 aliphatic rings. The van der Waals surface area contributed by atoms with E-state index in [1.807, 2.05) is 0 Å². The third kappa shape index (κ3) is 3.22. The van der Waals surface area contributed by atoms with E-state index in [4.69, 9.17) is 5.73 Å². The summed E-state index contributed by atoms with van der Waals surface area (Å²) in [5.74, 6) is 0.793. The molecule has 2 amide bonds. The van der Waals surface area contributed by atoms with Gasteiger partial charge in [0.15, 0.2) is 0 Å². The Bertz CT molecular complexity index is 318. The van der Waals surface area contributed by atoms with Crippen molar-refractivity contribution in [3.05, 3.63) is 0 Å². The van der Waals surface area contributed by atoms with E-state index in [1.54, 1.807) is 0 Å². The zero-order valence-corrected chi connectivity index (χ0v) is 10.9. The second kappa shape index (κ2) is 5.69. The Balaban J connectivity index is 1.88. The van der Waals surface area contributed by atoms with Gasteiger partial charge in [0.25, 0.3) is 0 Å². The SMILES string of the molecule is CC(=O)NCC(=O)NC1C2CCCC1CC(N)C2. The van der Waals surface area contributed by atoms with Crippen molar-refractivity contribution < 1.29 is 9.59 Å². The molecule has 2 fully saturated rings. The van der Waals surface area contributed by atoms with E-state index in [2.05, 4.69) is 10.6 Å². The molecule has 18 heavy (non-hydrogen) atoms. The van der Waals surface area contributed by atoms with E-state index in [0.717, 1.165) is 25.7 Å². The highest BCUT2D eigenvalue weighted by atomic mass is 16.2. The van der Waals surface area contributed by atoms with Crippen LogP contribution in [0.15, 0.2) is 0 Å². The second-order valence-corrected chi connectivity index (χ2v) is 5.69. The van der Waals surface area contributed by atoms with Gasteiger partial charge in [0.05, 0.1) is 6.54 Å². The van der Waals surface area contributed by atoms with Crippen molar-refractivity contribution in [3.63, 3.8) is 0 Å². The lowest BCUT2D eigenvalue weighted by molar-refractivity contribution is -0.126. The molecule has 0 radical (unpaired) electrons. The summed E-state index contributed by atoms with van der Waals surface area (Å²) in [6.07, 6.45) is 5.61. The van der Waals surface area contributed by atoms with Gasteiger partial charge in [-0.3, -0.25) is 9.59 Å². The molecule has 0 spiro atoms. The average Bonchev–Trinajstić information content (AvgIpc) is 2.27. The van der Waals surface area contributed by atoms with Crippen LogP contribution in [0.2, 0.25) is 0 Å². The number of nitrogens with one attached hydrogen (secondary N) is 2. The van der Waals surface area contributed by atoms with Crippen LogP contribution in [-0.4, -0.2) is 30.4 Å². The first-order valence-electron chi connectivity index (χ1n) is 6.85. The molecular formula is C13H23N3O2. The summed E-state index contributed by atoms with van der Waals surface area (Å²) >= 11 is 0. The highest BCUT2D eigenvalue weighted by Crippen LogP contribution is 2.39. The van der Waals surface area contributed by atoms with Gasteiger partial charge in [-0.1, -0.05) is 6.42 Å². The maximum absolute atomic E-state index is 11.8. The van der Waals surface area contributed by atoms with Crippen LogP contribution in [0.5, 0.6) is 0 Å². The first-order valence-corrected chi connectivity index (χ1v) is 6.85. The van der Waals surface area contributed by atoms with Crippen LogP contribution in [0.1, 0.15) is 39.0 Å². The summed E-state index contributed by atoms with van der Waals surface area (Å²) in [4.78, 5) is 22.5. The number of amides is 2. The van der Waals surface area contributed by atoms with Gasteiger partial charge in [-0.15, -0.1) is 0 Å². The molecule has 2 atom stereocenters. The Morgan fingerprint density at radius 1 is 1.22 bits per heavy atom. The standard InChI is InChI=1S/C13H23N3O2/c1-8(17)15-7-12(18)16-13-9-3-2-4-10(13)6-11(14)5-9/h9-11,13H,2-7,14H2,1H3,(H,15,17)(H,16,18). The average molecular weight is 253 g/mol. The van der Waals surface area contributed by atoms with Gasteiger partial charge in [0, 0.05) is 19.0 Å². The van der Waals surface area contributed by atoms with Crippen molar-refractivity contribution in [1.29, 1.82) is 0 Å². The molecule has 2 rings (SSSR count). The van der Waals surface area contributed by atoms with Crippen molar-refractivity contribution in [1.82, 2.24) is 10.6 Å². The molecule has 0 heterocycles.